The van der Waals surface area contributed by atoms with Crippen LogP contribution in [0.1, 0.15) is 30.5 Å². The summed E-state index contributed by atoms with van der Waals surface area (Å²) in [5, 5.41) is 9.78. The zero-order chi connectivity index (χ0) is 28.1. The summed E-state index contributed by atoms with van der Waals surface area (Å²) in [4.78, 5) is 13.4. The van der Waals surface area contributed by atoms with Gasteiger partial charge in [-0.05, 0) is 66.1 Å². The fraction of sp³-hybridized carbons (Fsp3) is 0.156. The number of rotatable bonds is 10. The number of nitrogens with one attached hydrogen (secondary N) is 4. The molecule has 204 valence electrons. The molecule has 8 heteroatoms. The normalized spacial score (nSPS) is 14.0. The van der Waals surface area contributed by atoms with Crippen LogP contribution in [0.15, 0.2) is 108 Å². The van der Waals surface area contributed by atoms with Gasteiger partial charge in [-0.2, -0.15) is 0 Å². The second-order valence-electron chi connectivity index (χ2n) is 10.1. The maximum atomic E-state index is 13.3. The Morgan fingerprint density at radius 1 is 0.825 bits per heavy atom. The van der Waals surface area contributed by atoms with Gasteiger partial charge in [-0.3, -0.25) is 9.52 Å². The van der Waals surface area contributed by atoms with Crippen molar-refractivity contribution in [3.05, 3.63) is 120 Å². The van der Waals surface area contributed by atoms with Gasteiger partial charge in [0.25, 0.3) is 15.9 Å². The number of fused-ring (bicyclic) bond motifs is 1. The Bertz CT molecular complexity index is 1630. The van der Waals surface area contributed by atoms with Crippen molar-refractivity contribution < 1.29 is 13.2 Å². The first-order chi connectivity index (χ1) is 19.3. The van der Waals surface area contributed by atoms with E-state index in [1.54, 1.807) is 36.4 Å². The number of sulfonamides is 1. The van der Waals surface area contributed by atoms with E-state index < -0.39 is 10.0 Å². The molecule has 0 bridgehead atoms. The summed E-state index contributed by atoms with van der Waals surface area (Å²) in [6.45, 7) is 6.06. The van der Waals surface area contributed by atoms with Gasteiger partial charge in [0, 0.05) is 29.2 Å². The highest BCUT2D eigenvalue weighted by atomic mass is 32.2. The lowest BCUT2D eigenvalue weighted by Gasteiger charge is -2.16. The van der Waals surface area contributed by atoms with Crippen molar-refractivity contribution in [1.82, 2.24) is 5.32 Å². The molecule has 0 saturated heterocycles. The van der Waals surface area contributed by atoms with E-state index in [4.69, 9.17) is 0 Å². The van der Waals surface area contributed by atoms with Crippen LogP contribution in [0.2, 0.25) is 0 Å². The Morgan fingerprint density at radius 2 is 1.50 bits per heavy atom. The van der Waals surface area contributed by atoms with Gasteiger partial charge < -0.3 is 16.0 Å². The lowest BCUT2D eigenvalue weighted by atomic mass is 10.00. The summed E-state index contributed by atoms with van der Waals surface area (Å²) in [7, 11) is -3.88. The minimum atomic E-state index is -3.88. The molecule has 1 amide bonds. The third-order valence-corrected chi connectivity index (χ3v) is 7.87. The summed E-state index contributed by atoms with van der Waals surface area (Å²) in [6.07, 6.45) is 0. The fourth-order valence-corrected chi connectivity index (χ4v) is 5.61. The van der Waals surface area contributed by atoms with Crippen molar-refractivity contribution in [2.24, 2.45) is 5.92 Å². The maximum Gasteiger partial charge on any atom is 0.261 e. The Hall–Kier alpha value is -4.40. The lowest BCUT2D eigenvalue weighted by Crippen LogP contribution is -2.18. The zero-order valence-corrected chi connectivity index (χ0v) is 23.3. The third kappa shape index (κ3) is 6.25. The quantitative estimate of drug-likeness (QED) is 0.177. The number of amides is 1. The van der Waals surface area contributed by atoms with Crippen LogP contribution >= 0.6 is 0 Å². The number of benzene rings is 4. The van der Waals surface area contributed by atoms with Crippen molar-refractivity contribution >= 4 is 44.3 Å². The molecule has 0 spiro atoms. The average molecular weight is 553 g/mol. The van der Waals surface area contributed by atoms with Gasteiger partial charge in [-0.1, -0.05) is 74.5 Å². The standard InChI is InChI=1S/C32H32N4O3S/c1-22(2)20-33-21-23-13-15-25(16-14-23)34-31(24-9-5-3-6-10-24)30-28-19-27(17-18-29(28)35-32(30)37)40(38,39)36-26-11-7-4-8-12-26/h3-19,22,33-34,36H,20-21H2,1-2H3,(H,35,37). The summed E-state index contributed by atoms with van der Waals surface area (Å²) in [6, 6.07) is 31.0. The molecule has 4 aromatic carbocycles. The summed E-state index contributed by atoms with van der Waals surface area (Å²) in [5.41, 5.74) is 5.27. The molecule has 1 heterocycles. The first kappa shape index (κ1) is 27.2. The summed E-state index contributed by atoms with van der Waals surface area (Å²) >= 11 is 0. The summed E-state index contributed by atoms with van der Waals surface area (Å²) < 4.78 is 29.0. The predicted octanol–water partition coefficient (Wildman–Crippen LogP) is 6.17. The molecule has 1 aliphatic rings. The van der Waals surface area contributed by atoms with E-state index in [0.29, 0.717) is 34.1 Å². The van der Waals surface area contributed by atoms with Gasteiger partial charge >= 0.3 is 0 Å². The predicted molar refractivity (Wildman–Crippen MR) is 162 cm³/mol. The van der Waals surface area contributed by atoms with E-state index in [2.05, 4.69) is 34.5 Å². The molecule has 0 fully saturated rings. The van der Waals surface area contributed by atoms with Crippen molar-refractivity contribution in [3.8, 4) is 0 Å². The molecule has 1 aliphatic heterocycles. The molecule has 0 atom stereocenters. The molecule has 5 rings (SSSR count). The molecule has 0 aromatic heterocycles. The molecule has 4 aromatic rings. The minimum absolute atomic E-state index is 0.0646. The number of carbonyl (C=O) groups excluding carboxylic acids is 1. The Kier molecular flexibility index (Phi) is 8.00. The van der Waals surface area contributed by atoms with E-state index >= 15 is 0 Å². The molecule has 4 N–H and O–H groups in total. The van der Waals surface area contributed by atoms with Crippen LogP contribution in [0.25, 0.3) is 11.3 Å². The Balaban J connectivity index is 1.51. The van der Waals surface area contributed by atoms with Gasteiger partial charge in [0.15, 0.2) is 0 Å². The first-order valence-electron chi connectivity index (χ1n) is 13.2. The van der Waals surface area contributed by atoms with Crippen LogP contribution in [-0.2, 0) is 21.4 Å². The third-order valence-electron chi connectivity index (χ3n) is 6.49. The molecular formula is C32H32N4O3S. The van der Waals surface area contributed by atoms with Gasteiger partial charge in [0.05, 0.1) is 16.2 Å². The molecular weight excluding hydrogens is 520 g/mol. The molecule has 0 unspecified atom stereocenters. The number of carbonyl (C=O) groups is 1. The van der Waals surface area contributed by atoms with Gasteiger partial charge in [-0.25, -0.2) is 8.42 Å². The molecule has 0 saturated carbocycles. The van der Waals surface area contributed by atoms with Gasteiger partial charge in [0.1, 0.15) is 0 Å². The highest BCUT2D eigenvalue weighted by molar-refractivity contribution is 7.92. The van der Waals surface area contributed by atoms with E-state index in [0.717, 1.165) is 29.9 Å². The highest BCUT2D eigenvalue weighted by Crippen LogP contribution is 2.39. The maximum absolute atomic E-state index is 13.3. The van der Waals surface area contributed by atoms with E-state index in [1.165, 1.54) is 6.07 Å². The summed E-state index contributed by atoms with van der Waals surface area (Å²) in [5.74, 6) is 0.271. The molecule has 0 radical (unpaired) electrons. The fourth-order valence-electron chi connectivity index (χ4n) is 4.52. The van der Waals surface area contributed by atoms with Crippen molar-refractivity contribution in [2.75, 3.05) is 21.9 Å². The molecule has 7 nitrogen and oxygen atoms in total. The number of anilines is 3. The van der Waals surface area contributed by atoms with Gasteiger partial charge in [-0.15, -0.1) is 0 Å². The van der Waals surface area contributed by atoms with E-state index in [-0.39, 0.29) is 10.8 Å². The molecule has 0 aliphatic carbocycles. The van der Waals surface area contributed by atoms with E-state index in [9.17, 15) is 13.2 Å². The van der Waals surface area contributed by atoms with Crippen molar-refractivity contribution in [1.29, 1.82) is 0 Å². The monoisotopic (exact) mass is 552 g/mol. The average Bonchev–Trinajstić information content (AvgIpc) is 3.28. The van der Waals surface area contributed by atoms with Crippen LogP contribution in [0.3, 0.4) is 0 Å². The van der Waals surface area contributed by atoms with Crippen molar-refractivity contribution in [2.45, 2.75) is 25.3 Å². The van der Waals surface area contributed by atoms with Crippen LogP contribution < -0.4 is 20.7 Å². The van der Waals surface area contributed by atoms with Crippen LogP contribution in [0, 0.1) is 5.92 Å². The first-order valence-corrected chi connectivity index (χ1v) is 14.7. The van der Waals surface area contributed by atoms with Crippen LogP contribution in [0.4, 0.5) is 17.1 Å². The Morgan fingerprint density at radius 3 is 2.17 bits per heavy atom. The van der Waals surface area contributed by atoms with Crippen LogP contribution in [-0.4, -0.2) is 20.9 Å². The number of hydrogen-bond donors (Lipinski definition) is 4. The van der Waals surface area contributed by atoms with Crippen molar-refractivity contribution in [3.63, 3.8) is 0 Å². The number of para-hydroxylation sites is 1. The second kappa shape index (κ2) is 11.8. The van der Waals surface area contributed by atoms with Crippen LogP contribution in [0.5, 0.6) is 0 Å². The van der Waals surface area contributed by atoms with E-state index in [1.807, 2.05) is 60.7 Å². The SMILES string of the molecule is CC(C)CNCc1ccc(NC(=C2C(=O)Nc3ccc(S(=O)(=O)Nc4ccccc4)cc32)c2ccccc2)cc1. The number of hydrogen-bond acceptors (Lipinski definition) is 5. The lowest BCUT2D eigenvalue weighted by molar-refractivity contribution is -0.110. The molecule has 40 heavy (non-hydrogen) atoms. The second-order valence-corrected chi connectivity index (χ2v) is 11.8. The smallest absolute Gasteiger partial charge is 0.261 e. The zero-order valence-electron chi connectivity index (χ0n) is 22.4. The topological polar surface area (TPSA) is 99.3 Å². The minimum Gasteiger partial charge on any atom is -0.354 e. The largest absolute Gasteiger partial charge is 0.354 e. The van der Waals surface area contributed by atoms with Gasteiger partial charge in [0.2, 0.25) is 0 Å². The highest BCUT2D eigenvalue weighted by Gasteiger charge is 2.30. The Labute approximate surface area is 235 Å².